The number of pyridine rings is 1. The van der Waals surface area contributed by atoms with Crippen molar-refractivity contribution in [3.63, 3.8) is 0 Å². The largest absolute Gasteiger partial charge is 0.385 e. The topological polar surface area (TPSA) is 109 Å². The molecule has 0 saturated heterocycles. The van der Waals surface area contributed by atoms with Crippen molar-refractivity contribution in [1.29, 1.82) is 0 Å². The van der Waals surface area contributed by atoms with Crippen molar-refractivity contribution < 1.29 is 17.9 Å². The highest BCUT2D eigenvalue weighted by Gasteiger charge is 2.18. The minimum absolute atomic E-state index is 0.209. The monoisotopic (exact) mass is 392 g/mol. The van der Waals surface area contributed by atoms with Crippen molar-refractivity contribution in [1.82, 2.24) is 14.5 Å². The lowest BCUT2D eigenvalue weighted by molar-refractivity contribution is 0.125. The molecule has 1 aromatic carbocycles. The molecule has 0 unspecified atom stereocenters. The van der Waals surface area contributed by atoms with E-state index in [4.69, 9.17) is 15.2 Å². The van der Waals surface area contributed by atoms with Crippen molar-refractivity contribution >= 4 is 37.6 Å². The van der Waals surface area contributed by atoms with E-state index in [9.17, 15) is 8.42 Å². The first-order valence-electron chi connectivity index (χ1n) is 8.72. The number of rotatable bonds is 8. The quantitative estimate of drug-likeness (QED) is 0.585. The molecule has 0 radical (unpaired) electrons. The number of hydrogen-bond acceptors (Lipinski definition) is 7. The Morgan fingerprint density at radius 2 is 2.04 bits per heavy atom. The highest BCUT2D eigenvalue weighted by molar-refractivity contribution is 7.90. The molecule has 0 saturated carbocycles. The van der Waals surface area contributed by atoms with Gasteiger partial charge in [0.25, 0.3) is 0 Å². The lowest BCUT2D eigenvalue weighted by Gasteiger charge is -2.11. The van der Waals surface area contributed by atoms with Crippen molar-refractivity contribution in [2.24, 2.45) is 0 Å². The van der Waals surface area contributed by atoms with E-state index >= 15 is 0 Å². The average Bonchev–Trinajstić information content (AvgIpc) is 2.98. The summed E-state index contributed by atoms with van der Waals surface area (Å²) in [6.45, 7) is 4.16. The van der Waals surface area contributed by atoms with Gasteiger partial charge in [-0.2, -0.15) is 0 Å². The molecule has 2 heterocycles. The molecular formula is C18H24N4O4S. The van der Waals surface area contributed by atoms with Gasteiger partial charge >= 0.3 is 0 Å². The summed E-state index contributed by atoms with van der Waals surface area (Å²) in [4.78, 5) is 9.23. The SMILES string of the molecule is CCOCc1nc2c(N)nc3cc(S(C)(=O)=O)ccc3c2n1CCCOC. The molecule has 2 aromatic heterocycles. The van der Waals surface area contributed by atoms with Gasteiger partial charge in [0.2, 0.25) is 0 Å². The van der Waals surface area contributed by atoms with Crippen LogP contribution in [-0.4, -0.2) is 49.5 Å². The summed E-state index contributed by atoms with van der Waals surface area (Å²) in [7, 11) is -1.67. The third-order valence-corrected chi connectivity index (χ3v) is 5.46. The Balaban J connectivity index is 2.25. The molecule has 9 heteroatoms. The Morgan fingerprint density at radius 3 is 2.70 bits per heavy atom. The van der Waals surface area contributed by atoms with E-state index in [0.717, 1.165) is 23.1 Å². The third kappa shape index (κ3) is 3.90. The van der Waals surface area contributed by atoms with Crippen LogP contribution in [-0.2, 0) is 32.5 Å². The number of aryl methyl sites for hydroxylation is 1. The second kappa shape index (κ2) is 7.79. The molecule has 0 aliphatic rings. The number of fused-ring (bicyclic) bond motifs is 3. The lowest BCUT2D eigenvalue weighted by atomic mass is 10.2. The molecule has 8 nitrogen and oxygen atoms in total. The molecule has 3 rings (SSSR count). The third-order valence-electron chi connectivity index (χ3n) is 4.35. The second-order valence-electron chi connectivity index (χ2n) is 6.31. The van der Waals surface area contributed by atoms with E-state index in [2.05, 4.69) is 14.5 Å². The zero-order valence-corrected chi connectivity index (χ0v) is 16.5. The van der Waals surface area contributed by atoms with E-state index < -0.39 is 9.84 Å². The van der Waals surface area contributed by atoms with Crippen LogP contribution in [0.3, 0.4) is 0 Å². The van der Waals surface area contributed by atoms with Crippen LogP contribution in [0.25, 0.3) is 21.9 Å². The Hall–Kier alpha value is -2.23. The molecule has 0 bridgehead atoms. The van der Waals surface area contributed by atoms with Gasteiger partial charge < -0.3 is 19.8 Å². The normalized spacial score (nSPS) is 12.3. The fourth-order valence-electron chi connectivity index (χ4n) is 3.08. The van der Waals surface area contributed by atoms with Crippen LogP contribution in [0.1, 0.15) is 19.2 Å². The molecule has 0 fully saturated rings. The first kappa shape index (κ1) is 19.5. The smallest absolute Gasteiger partial charge is 0.175 e. The van der Waals surface area contributed by atoms with Crippen molar-refractivity contribution in [3.05, 3.63) is 24.0 Å². The van der Waals surface area contributed by atoms with E-state index in [-0.39, 0.29) is 10.7 Å². The highest BCUT2D eigenvalue weighted by Crippen LogP contribution is 2.30. The number of aromatic nitrogens is 3. The summed E-state index contributed by atoms with van der Waals surface area (Å²) in [6, 6.07) is 4.90. The molecule has 2 N–H and O–H groups in total. The van der Waals surface area contributed by atoms with E-state index in [1.807, 2.05) is 6.92 Å². The maximum Gasteiger partial charge on any atom is 0.175 e. The molecule has 0 aliphatic heterocycles. The molecule has 0 amide bonds. The van der Waals surface area contributed by atoms with Gasteiger partial charge in [0, 0.05) is 38.5 Å². The number of hydrogen-bond donors (Lipinski definition) is 1. The van der Waals surface area contributed by atoms with E-state index in [1.165, 1.54) is 6.26 Å². The van der Waals surface area contributed by atoms with Gasteiger partial charge in [-0.1, -0.05) is 0 Å². The number of methoxy groups -OCH3 is 1. The summed E-state index contributed by atoms with van der Waals surface area (Å²) < 4.78 is 36.5. The zero-order chi connectivity index (χ0) is 19.6. The van der Waals surface area contributed by atoms with Gasteiger partial charge in [-0.25, -0.2) is 18.4 Å². The van der Waals surface area contributed by atoms with Gasteiger partial charge in [0.05, 0.1) is 15.9 Å². The van der Waals surface area contributed by atoms with Gasteiger partial charge in [-0.15, -0.1) is 0 Å². The van der Waals surface area contributed by atoms with Crippen molar-refractivity contribution in [3.8, 4) is 0 Å². The summed E-state index contributed by atoms with van der Waals surface area (Å²) in [5, 5.41) is 0.805. The lowest BCUT2D eigenvalue weighted by Crippen LogP contribution is -2.08. The number of imidazole rings is 1. The first-order valence-corrected chi connectivity index (χ1v) is 10.6. The number of nitrogens with two attached hydrogens (primary N) is 1. The highest BCUT2D eigenvalue weighted by atomic mass is 32.2. The predicted molar refractivity (Wildman–Crippen MR) is 104 cm³/mol. The zero-order valence-electron chi connectivity index (χ0n) is 15.7. The number of benzene rings is 1. The summed E-state index contributed by atoms with van der Waals surface area (Å²) in [6.07, 6.45) is 1.97. The fourth-order valence-corrected chi connectivity index (χ4v) is 3.72. The van der Waals surface area contributed by atoms with Crippen LogP contribution >= 0.6 is 0 Å². The second-order valence-corrected chi connectivity index (χ2v) is 8.32. The fraction of sp³-hybridized carbons (Fsp3) is 0.444. The molecule has 0 spiro atoms. The number of anilines is 1. The maximum absolute atomic E-state index is 11.9. The van der Waals surface area contributed by atoms with Crippen LogP contribution in [0, 0.1) is 0 Å². The minimum Gasteiger partial charge on any atom is -0.385 e. The van der Waals surface area contributed by atoms with Gasteiger partial charge in [-0.3, -0.25) is 0 Å². The van der Waals surface area contributed by atoms with Gasteiger partial charge in [0.15, 0.2) is 15.7 Å². The summed E-state index contributed by atoms with van der Waals surface area (Å²) >= 11 is 0. The standard InChI is InChI=1S/C18H24N4O4S/c1-4-26-11-15-21-16-17(22(15)8-5-9-25-2)13-7-6-12(27(3,23)24)10-14(13)20-18(16)19/h6-7,10H,4-5,8-9,11H2,1-3H3,(H2,19,20). The van der Waals surface area contributed by atoms with Crippen molar-refractivity contribution in [2.45, 2.75) is 31.4 Å². The van der Waals surface area contributed by atoms with Crippen LogP contribution in [0.15, 0.2) is 23.1 Å². The molecule has 0 aliphatic carbocycles. The minimum atomic E-state index is -3.33. The van der Waals surface area contributed by atoms with Crippen LogP contribution in [0.2, 0.25) is 0 Å². The van der Waals surface area contributed by atoms with Crippen LogP contribution < -0.4 is 5.73 Å². The van der Waals surface area contributed by atoms with Crippen LogP contribution in [0.5, 0.6) is 0 Å². The number of ether oxygens (including phenoxy) is 2. The number of nitrogens with zero attached hydrogens (tertiary/aromatic N) is 3. The summed E-state index contributed by atoms with van der Waals surface area (Å²) in [5.41, 5.74) is 8.11. The molecule has 0 atom stereocenters. The first-order chi connectivity index (χ1) is 12.9. The van der Waals surface area contributed by atoms with Crippen LogP contribution in [0.4, 0.5) is 5.82 Å². The Kier molecular flexibility index (Phi) is 5.64. The van der Waals surface area contributed by atoms with Gasteiger partial charge in [-0.05, 0) is 31.5 Å². The molecule has 3 aromatic rings. The number of sulfone groups is 1. The van der Waals surface area contributed by atoms with E-state index in [0.29, 0.717) is 37.4 Å². The predicted octanol–water partition coefficient (Wildman–Crippen LogP) is 2.14. The number of nitrogen functional groups attached to an aromatic ring is 1. The molecule has 27 heavy (non-hydrogen) atoms. The van der Waals surface area contributed by atoms with E-state index in [1.54, 1.807) is 25.3 Å². The van der Waals surface area contributed by atoms with Crippen molar-refractivity contribution in [2.75, 3.05) is 32.3 Å². The van der Waals surface area contributed by atoms with Gasteiger partial charge in [0.1, 0.15) is 17.9 Å². The summed E-state index contributed by atoms with van der Waals surface area (Å²) in [5.74, 6) is 1.03. The Labute approximate surface area is 158 Å². The Morgan fingerprint density at radius 1 is 1.26 bits per heavy atom. The average molecular weight is 392 g/mol. The Bertz CT molecular complexity index is 1080. The maximum atomic E-state index is 11.9. The molecule has 146 valence electrons. The molecular weight excluding hydrogens is 368 g/mol.